The van der Waals surface area contributed by atoms with Gasteiger partial charge in [0.1, 0.15) is 5.70 Å². The van der Waals surface area contributed by atoms with Crippen LogP contribution >= 0.6 is 0 Å². The molecule has 1 heterocycles. The minimum Gasteiger partial charge on any atom is -0.351 e. The monoisotopic (exact) mass is 432 g/mol. The molecule has 1 aliphatic heterocycles. The van der Waals surface area contributed by atoms with Crippen LogP contribution in [0.15, 0.2) is 103 Å². The normalized spacial score (nSPS) is 15.7. The molecule has 0 bridgehead atoms. The minimum absolute atomic E-state index is 0.0169. The Morgan fingerprint density at radius 2 is 1.39 bits per heavy atom. The Morgan fingerprint density at radius 3 is 2.09 bits per heavy atom. The molecule has 33 heavy (non-hydrogen) atoms. The summed E-state index contributed by atoms with van der Waals surface area (Å²) in [6, 6.07) is 31.1. The van der Waals surface area contributed by atoms with E-state index in [-0.39, 0.29) is 11.9 Å². The van der Waals surface area contributed by atoms with Crippen LogP contribution in [0, 0.1) is 0 Å². The van der Waals surface area contributed by atoms with Crippen molar-refractivity contribution in [1.29, 1.82) is 0 Å². The third-order valence-electron chi connectivity index (χ3n) is 6.46. The lowest BCUT2D eigenvalue weighted by atomic mass is 9.98. The summed E-state index contributed by atoms with van der Waals surface area (Å²) < 4.78 is 0. The Bertz CT molecular complexity index is 1310. The minimum atomic E-state index is -0.187. The molecule has 0 aliphatic carbocycles. The molecule has 0 radical (unpaired) electrons. The number of rotatable bonds is 6. The number of benzene rings is 4. The number of nitrogens with one attached hydrogen (secondary N) is 1. The zero-order valence-corrected chi connectivity index (χ0v) is 19.1. The highest BCUT2D eigenvalue weighted by atomic mass is 16.2. The van der Waals surface area contributed by atoms with Crippen LogP contribution in [-0.4, -0.2) is 5.91 Å². The van der Waals surface area contributed by atoms with Crippen LogP contribution in [0.2, 0.25) is 0 Å². The van der Waals surface area contributed by atoms with E-state index in [1.807, 2.05) is 17.0 Å². The van der Waals surface area contributed by atoms with Crippen molar-refractivity contribution in [1.82, 2.24) is 0 Å². The third-order valence-corrected chi connectivity index (χ3v) is 6.46. The highest BCUT2D eigenvalue weighted by molar-refractivity contribution is 6.11. The highest BCUT2D eigenvalue weighted by Crippen LogP contribution is 2.39. The first-order valence-corrected chi connectivity index (χ1v) is 11.7. The Labute approximate surface area is 195 Å². The summed E-state index contributed by atoms with van der Waals surface area (Å²) in [5.41, 5.74) is 6.10. The topological polar surface area (TPSA) is 32.3 Å². The maximum atomic E-state index is 13.7. The molecule has 0 aromatic heterocycles. The van der Waals surface area contributed by atoms with E-state index in [1.165, 1.54) is 16.5 Å². The van der Waals surface area contributed by atoms with E-state index in [0.717, 1.165) is 35.2 Å². The van der Waals surface area contributed by atoms with Crippen LogP contribution < -0.4 is 10.2 Å². The number of aryl methyl sites for hydroxylation is 2. The van der Waals surface area contributed by atoms with Gasteiger partial charge in [-0.25, -0.2) is 0 Å². The fourth-order valence-corrected chi connectivity index (χ4v) is 4.54. The van der Waals surface area contributed by atoms with E-state index in [9.17, 15) is 4.79 Å². The predicted molar refractivity (Wildman–Crippen MR) is 138 cm³/mol. The Morgan fingerprint density at radius 1 is 0.758 bits per heavy atom. The summed E-state index contributed by atoms with van der Waals surface area (Å²) >= 11 is 0. The van der Waals surface area contributed by atoms with Gasteiger partial charge < -0.3 is 5.32 Å². The van der Waals surface area contributed by atoms with Crippen molar-refractivity contribution in [3.8, 4) is 0 Å². The molecule has 164 valence electrons. The number of carbonyl (C=O) groups excluding carboxylic acids is 1. The van der Waals surface area contributed by atoms with Gasteiger partial charge in [-0.15, -0.1) is 0 Å². The molecule has 0 unspecified atom stereocenters. The van der Waals surface area contributed by atoms with E-state index in [2.05, 4.69) is 104 Å². The average molecular weight is 433 g/mol. The van der Waals surface area contributed by atoms with Gasteiger partial charge in [-0.1, -0.05) is 80.6 Å². The first-order valence-electron chi connectivity index (χ1n) is 11.7. The van der Waals surface area contributed by atoms with Crippen LogP contribution in [0.4, 0.5) is 11.4 Å². The second-order valence-corrected chi connectivity index (χ2v) is 8.46. The van der Waals surface area contributed by atoms with Crippen LogP contribution in [0.25, 0.3) is 10.8 Å². The molecular weight excluding hydrogens is 404 g/mol. The lowest BCUT2D eigenvalue weighted by Crippen LogP contribution is -2.30. The van der Waals surface area contributed by atoms with Crippen molar-refractivity contribution in [2.24, 2.45) is 0 Å². The Kier molecular flexibility index (Phi) is 5.70. The van der Waals surface area contributed by atoms with Gasteiger partial charge >= 0.3 is 0 Å². The van der Waals surface area contributed by atoms with Crippen molar-refractivity contribution >= 4 is 28.1 Å². The fraction of sp³-hybridized carbons (Fsp3) is 0.167. The summed E-state index contributed by atoms with van der Waals surface area (Å²) in [5.74, 6) is -0.0169. The van der Waals surface area contributed by atoms with Crippen molar-refractivity contribution in [3.63, 3.8) is 0 Å². The van der Waals surface area contributed by atoms with Gasteiger partial charge in [0, 0.05) is 11.4 Å². The van der Waals surface area contributed by atoms with Gasteiger partial charge in [0.15, 0.2) is 0 Å². The Balaban J connectivity index is 1.58. The number of anilines is 2. The number of hydrogen-bond acceptors (Lipinski definition) is 2. The van der Waals surface area contributed by atoms with Gasteiger partial charge in [-0.3, -0.25) is 9.69 Å². The molecule has 4 aromatic rings. The van der Waals surface area contributed by atoms with Gasteiger partial charge in [-0.05, 0) is 70.6 Å². The molecule has 1 N–H and O–H groups in total. The summed E-state index contributed by atoms with van der Waals surface area (Å²) in [7, 11) is 0. The largest absolute Gasteiger partial charge is 0.351 e. The first-order chi connectivity index (χ1) is 16.2. The van der Waals surface area contributed by atoms with Gasteiger partial charge in [0.2, 0.25) is 0 Å². The summed E-state index contributed by atoms with van der Waals surface area (Å²) in [5, 5.41) is 5.72. The SMILES string of the molecule is CCc1ccc(NC2=C[C@H](c3cccc4ccccc34)N(c3ccc(CC)cc3)C2=O)cc1. The molecule has 1 aliphatic rings. The molecule has 0 spiro atoms. The van der Waals surface area contributed by atoms with Gasteiger partial charge in [0.25, 0.3) is 5.91 Å². The zero-order valence-electron chi connectivity index (χ0n) is 19.1. The molecule has 0 fully saturated rings. The van der Waals surface area contributed by atoms with Crippen LogP contribution in [-0.2, 0) is 17.6 Å². The Hall–Kier alpha value is -3.85. The summed E-state index contributed by atoms with van der Waals surface area (Å²) in [6.07, 6.45) is 4.03. The average Bonchev–Trinajstić information content (AvgIpc) is 3.19. The van der Waals surface area contributed by atoms with E-state index >= 15 is 0 Å². The molecule has 4 aromatic carbocycles. The van der Waals surface area contributed by atoms with Crippen LogP contribution in [0.3, 0.4) is 0 Å². The van der Waals surface area contributed by atoms with E-state index in [1.54, 1.807) is 0 Å². The molecular formula is C30H28N2O. The molecule has 1 amide bonds. The highest BCUT2D eigenvalue weighted by Gasteiger charge is 2.35. The molecule has 0 saturated heterocycles. The van der Waals surface area contributed by atoms with Crippen LogP contribution in [0.1, 0.15) is 36.6 Å². The van der Waals surface area contributed by atoms with E-state index in [0.29, 0.717) is 5.70 Å². The second kappa shape index (κ2) is 8.95. The van der Waals surface area contributed by atoms with Crippen molar-refractivity contribution in [3.05, 3.63) is 119 Å². The lowest BCUT2D eigenvalue weighted by molar-refractivity contribution is -0.114. The first kappa shape index (κ1) is 21.0. The number of fused-ring (bicyclic) bond motifs is 1. The van der Waals surface area contributed by atoms with Crippen LogP contribution in [0.5, 0.6) is 0 Å². The van der Waals surface area contributed by atoms with Crippen molar-refractivity contribution in [2.75, 3.05) is 10.2 Å². The molecule has 3 nitrogen and oxygen atoms in total. The third kappa shape index (κ3) is 4.03. The zero-order chi connectivity index (χ0) is 22.8. The number of amides is 1. The number of nitrogens with zero attached hydrogens (tertiary/aromatic N) is 1. The van der Waals surface area contributed by atoms with Crippen molar-refractivity contribution < 1.29 is 4.79 Å². The summed E-state index contributed by atoms with van der Waals surface area (Å²) in [6.45, 7) is 4.28. The maximum absolute atomic E-state index is 13.7. The molecule has 5 rings (SSSR count). The lowest BCUT2D eigenvalue weighted by Gasteiger charge is -2.26. The molecule has 0 saturated carbocycles. The summed E-state index contributed by atoms with van der Waals surface area (Å²) in [4.78, 5) is 15.6. The quantitative estimate of drug-likeness (QED) is 0.354. The number of hydrogen-bond donors (Lipinski definition) is 1. The van der Waals surface area contributed by atoms with Crippen molar-refractivity contribution in [2.45, 2.75) is 32.7 Å². The molecule has 3 heteroatoms. The van der Waals surface area contributed by atoms with Gasteiger partial charge in [0.05, 0.1) is 6.04 Å². The second-order valence-electron chi connectivity index (χ2n) is 8.46. The van der Waals surface area contributed by atoms with E-state index in [4.69, 9.17) is 0 Å². The predicted octanol–water partition coefficient (Wildman–Crippen LogP) is 7.05. The molecule has 1 atom stereocenters. The smallest absolute Gasteiger partial charge is 0.275 e. The van der Waals surface area contributed by atoms with E-state index < -0.39 is 0 Å². The maximum Gasteiger partial charge on any atom is 0.275 e. The fourth-order valence-electron chi connectivity index (χ4n) is 4.54. The standard InChI is InChI=1S/C30H28N2O/c1-3-21-12-16-24(17-13-21)31-28-20-29(27-11-7-9-23-8-5-6-10-26(23)27)32(30(28)33)25-18-14-22(4-2)15-19-25/h5-20,29,31H,3-4H2,1-2H3/t29-/m1/s1. The number of carbonyl (C=O) groups is 1. The van der Waals surface area contributed by atoms with Gasteiger partial charge in [-0.2, -0.15) is 0 Å².